The van der Waals surface area contributed by atoms with Crippen LogP contribution in [0, 0.1) is 0 Å². The van der Waals surface area contributed by atoms with Crippen molar-refractivity contribution in [3.63, 3.8) is 0 Å². The smallest absolute Gasteiger partial charge is 0.328 e. The molecule has 0 aliphatic carbocycles. The lowest BCUT2D eigenvalue weighted by molar-refractivity contribution is -0.144. The molecule has 0 rings (SSSR count). The minimum atomic E-state index is -0.606. The van der Waals surface area contributed by atoms with Gasteiger partial charge in [0.15, 0.2) is 0 Å². The number of hydrogen-bond acceptors (Lipinski definition) is 3. The van der Waals surface area contributed by atoms with Gasteiger partial charge in [-0.25, -0.2) is 4.79 Å². The highest BCUT2D eigenvalue weighted by Crippen LogP contribution is 1.89. The Kier molecular flexibility index (Phi) is 5.45. The molecular formula is C7H12ClNO3. The number of halogens is 1. The first-order valence-corrected chi connectivity index (χ1v) is 4.08. The van der Waals surface area contributed by atoms with Crippen LogP contribution in [-0.4, -0.2) is 30.9 Å². The van der Waals surface area contributed by atoms with Gasteiger partial charge >= 0.3 is 5.97 Å². The van der Waals surface area contributed by atoms with E-state index in [0.29, 0.717) is 0 Å². The van der Waals surface area contributed by atoms with E-state index in [2.05, 4.69) is 10.1 Å². The molecule has 0 saturated heterocycles. The number of esters is 1. The van der Waals surface area contributed by atoms with Crippen LogP contribution in [0.15, 0.2) is 0 Å². The number of hydrogen-bond donors (Lipinski definition) is 1. The lowest BCUT2D eigenvalue weighted by atomic mass is 10.3. The highest BCUT2D eigenvalue weighted by Gasteiger charge is 2.14. The molecule has 5 heteroatoms. The van der Waals surface area contributed by atoms with E-state index in [-0.39, 0.29) is 18.2 Å². The van der Waals surface area contributed by atoms with Crippen LogP contribution in [0.2, 0.25) is 0 Å². The van der Waals surface area contributed by atoms with E-state index in [1.807, 2.05) is 0 Å². The van der Waals surface area contributed by atoms with Crippen molar-refractivity contribution in [1.29, 1.82) is 0 Å². The number of carbonyl (C=O) groups is 2. The topological polar surface area (TPSA) is 55.4 Å². The second kappa shape index (κ2) is 5.83. The molecule has 0 saturated carbocycles. The number of alkyl halides is 1. The highest BCUT2D eigenvalue weighted by atomic mass is 35.5. The van der Waals surface area contributed by atoms with Crippen molar-refractivity contribution >= 4 is 23.5 Å². The largest absolute Gasteiger partial charge is 0.467 e. The number of methoxy groups -OCH3 is 1. The van der Waals surface area contributed by atoms with Gasteiger partial charge < -0.3 is 10.1 Å². The Labute approximate surface area is 76.2 Å². The zero-order valence-corrected chi connectivity index (χ0v) is 7.85. The molecular weight excluding hydrogens is 182 g/mol. The molecule has 0 aromatic heterocycles. The molecule has 12 heavy (non-hydrogen) atoms. The molecule has 1 N–H and O–H groups in total. The minimum Gasteiger partial charge on any atom is -0.467 e. The molecule has 0 unspecified atom stereocenters. The third-order valence-electron chi connectivity index (χ3n) is 1.25. The van der Waals surface area contributed by atoms with Crippen LogP contribution in [0.4, 0.5) is 0 Å². The maximum atomic E-state index is 10.9. The van der Waals surface area contributed by atoms with Gasteiger partial charge in [0.05, 0.1) is 7.11 Å². The summed E-state index contributed by atoms with van der Waals surface area (Å²) in [5, 5.41) is 2.43. The number of ether oxygens (including phenoxy) is 1. The summed E-state index contributed by atoms with van der Waals surface area (Å²) in [5.41, 5.74) is 0. The van der Waals surface area contributed by atoms with Gasteiger partial charge in [0, 0.05) is 12.3 Å². The Morgan fingerprint density at radius 1 is 1.58 bits per heavy atom. The molecule has 0 heterocycles. The molecule has 1 amide bonds. The van der Waals surface area contributed by atoms with E-state index in [9.17, 15) is 9.59 Å². The number of carbonyl (C=O) groups excluding carboxylic acids is 2. The van der Waals surface area contributed by atoms with Crippen molar-refractivity contribution in [2.45, 2.75) is 19.4 Å². The number of nitrogens with one attached hydrogen (secondary N) is 1. The quantitative estimate of drug-likeness (QED) is 0.516. The van der Waals surface area contributed by atoms with E-state index >= 15 is 0 Å². The summed E-state index contributed by atoms with van der Waals surface area (Å²) >= 11 is 5.32. The maximum Gasteiger partial charge on any atom is 0.328 e. The fraction of sp³-hybridized carbons (Fsp3) is 0.714. The standard InChI is InChI=1S/C7H12ClNO3/c1-5(7(11)12-2)9-6(10)3-4-8/h5H,3-4H2,1-2H3,(H,9,10)/t5-/m0/s1. The predicted molar refractivity (Wildman–Crippen MR) is 45.0 cm³/mol. The molecule has 70 valence electrons. The zero-order valence-electron chi connectivity index (χ0n) is 7.09. The third kappa shape index (κ3) is 4.18. The monoisotopic (exact) mass is 193 g/mol. The summed E-state index contributed by atoms with van der Waals surface area (Å²) in [6.45, 7) is 1.55. The fourth-order valence-electron chi connectivity index (χ4n) is 0.635. The van der Waals surface area contributed by atoms with Gasteiger partial charge in [-0.15, -0.1) is 11.6 Å². The van der Waals surface area contributed by atoms with Crippen LogP contribution >= 0.6 is 11.6 Å². The van der Waals surface area contributed by atoms with Crippen LogP contribution in [0.25, 0.3) is 0 Å². The molecule has 0 aliphatic heterocycles. The van der Waals surface area contributed by atoms with Crippen molar-refractivity contribution in [1.82, 2.24) is 5.32 Å². The van der Waals surface area contributed by atoms with Crippen LogP contribution < -0.4 is 5.32 Å². The first kappa shape index (κ1) is 11.2. The minimum absolute atomic E-state index is 0.211. The van der Waals surface area contributed by atoms with Gasteiger partial charge in [-0.3, -0.25) is 4.79 Å². The maximum absolute atomic E-state index is 10.9. The average Bonchev–Trinajstić information content (AvgIpc) is 2.03. The van der Waals surface area contributed by atoms with E-state index in [4.69, 9.17) is 11.6 Å². The average molecular weight is 194 g/mol. The Morgan fingerprint density at radius 2 is 2.17 bits per heavy atom. The lowest BCUT2D eigenvalue weighted by Crippen LogP contribution is -2.39. The van der Waals surface area contributed by atoms with E-state index in [1.165, 1.54) is 7.11 Å². The number of rotatable bonds is 4. The van der Waals surface area contributed by atoms with E-state index < -0.39 is 12.0 Å². The van der Waals surface area contributed by atoms with Gasteiger partial charge in [0.25, 0.3) is 0 Å². The lowest BCUT2D eigenvalue weighted by Gasteiger charge is -2.10. The van der Waals surface area contributed by atoms with Gasteiger partial charge in [-0.1, -0.05) is 0 Å². The van der Waals surface area contributed by atoms with Crippen molar-refractivity contribution in [2.75, 3.05) is 13.0 Å². The molecule has 0 fully saturated rings. The summed E-state index contributed by atoms with van der Waals surface area (Å²) in [6, 6.07) is -0.606. The first-order chi connectivity index (χ1) is 5.61. The van der Waals surface area contributed by atoms with Crippen LogP contribution in [0.3, 0.4) is 0 Å². The van der Waals surface area contributed by atoms with Crippen molar-refractivity contribution in [3.05, 3.63) is 0 Å². The van der Waals surface area contributed by atoms with Crippen molar-refractivity contribution < 1.29 is 14.3 Å². The predicted octanol–water partition coefficient (Wildman–Crippen LogP) is 0.293. The van der Waals surface area contributed by atoms with Gasteiger partial charge in [-0.05, 0) is 6.92 Å². The van der Waals surface area contributed by atoms with Crippen molar-refractivity contribution in [2.24, 2.45) is 0 Å². The summed E-state index contributed by atoms with van der Waals surface area (Å²) in [4.78, 5) is 21.7. The Morgan fingerprint density at radius 3 is 2.58 bits per heavy atom. The van der Waals surface area contributed by atoms with Crippen LogP contribution in [0.1, 0.15) is 13.3 Å². The highest BCUT2D eigenvalue weighted by molar-refractivity contribution is 6.18. The second-order valence-corrected chi connectivity index (χ2v) is 2.63. The molecule has 0 spiro atoms. The summed E-state index contributed by atoms with van der Waals surface area (Å²) < 4.78 is 4.40. The molecule has 0 aliphatic rings. The summed E-state index contributed by atoms with van der Waals surface area (Å²) in [5.74, 6) is -0.458. The normalized spacial score (nSPS) is 11.9. The second-order valence-electron chi connectivity index (χ2n) is 2.25. The van der Waals surface area contributed by atoms with Crippen molar-refractivity contribution in [3.8, 4) is 0 Å². The van der Waals surface area contributed by atoms with E-state index in [0.717, 1.165) is 0 Å². The molecule has 0 bridgehead atoms. The third-order valence-corrected chi connectivity index (χ3v) is 1.44. The summed E-state index contributed by atoms with van der Waals surface area (Å²) in [6.07, 6.45) is 0.211. The Bertz CT molecular complexity index is 172. The molecule has 0 aromatic carbocycles. The van der Waals surface area contributed by atoms with Gasteiger partial charge in [0.2, 0.25) is 5.91 Å². The zero-order chi connectivity index (χ0) is 9.56. The molecule has 4 nitrogen and oxygen atoms in total. The van der Waals surface area contributed by atoms with Crippen LogP contribution in [-0.2, 0) is 14.3 Å². The number of amides is 1. The van der Waals surface area contributed by atoms with Gasteiger partial charge in [-0.2, -0.15) is 0 Å². The SMILES string of the molecule is COC(=O)[C@H](C)NC(=O)CCCl. The van der Waals surface area contributed by atoms with E-state index in [1.54, 1.807) is 6.92 Å². The molecule has 0 radical (unpaired) electrons. The molecule has 0 aromatic rings. The molecule has 1 atom stereocenters. The first-order valence-electron chi connectivity index (χ1n) is 3.55. The van der Waals surface area contributed by atoms with Crippen LogP contribution in [0.5, 0.6) is 0 Å². The van der Waals surface area contributed by atoms with Gasteiger partial charge in [0.1, 0.15) is 6.04 Å². The Balaban J connectivity index is 3.75. The summed E-state index contributed by atoms with van der Waals surface area (Å²) in [7, 11) is 1.27. The Hall–Kier alpha value is -0.770. The fourth-order valence-corrected chi connectivity index (χ4v) is 0.807.